The Morgan fingerprint density at radius 1 is 1.36 bits per heavy atom. The van der Waals surface area contributed by atoms with Crippen molar-refractivity contribution in [2.24, 2.45) is 7.05 Å². The van der Waals surface area contributed by atoms with Gasteiger partial charge in [0.15, 0.2) is 18.9 Å². The number of carbonyl (C=O) groups is 1. The fraction of sp³-hybridized carbons (Fsp3) is 0.308. The highest BCUT2D eigenvalue weighted by Gasteiger charge is 2.28. The molecule has 2 rings (SSSR count). The van der Waals surface area contributed by atoms with Gasteiger partial charge in [0.2, 0.25) is 0 Å². The van der Waals surface area contributed by atoms with Crippen LogP contribution in [0.4, 0.5) is 13.2 Å². The van der Waals surface area contributed by atoms with Gasteiger partial charge in [-0.3, -0.25) is 4.68 Å². The molecule has 0 radical (unpaired) electrons. The van der Waals surface area contributed by atoms with Crippen molar-refractivity contribution in [3.63, 3.8) is 0 Å². The summed E-state index contributed by atoms with van der Waals surface area (Å²) in [5, 5.41) is 21.7. The third-order valence-corrected chi connectivity index (χ3v) is 2.60. The fourth-order valence-corrected chi connectivity index (χ4v) is 1.55. The van der Waals surface area contributed by atoms with Crippen LogP contribution in [-0.4, -0.2) is 33.6 Å². The average Bonchev–Trinajstić information content (AvgIpc) is 2.86. The number of nitrogens with zero attached hydrogens (tertiary/aromatic N) is 3. The molecule has 0 unspecified atom stereocenters. The normalized spacial score (nSPS) is 10.8. The summed E-state index contributed by atoms with van der Waals surface area (Å²) in [6.45, 7) is 0.793. The van der Waals surface area contributed by atoms with Gasteiger partial charge in [-0.2, -0.15) is 18.3 Å². The second kappa shape index (κ2) is 7.55. The molecule has 0 saturated carbocycles. The van der Waals surface area contributed by atoms with Crippen LogP contribution in [0.15, 0.2) is 36.8 Å². The maximum atomic E-state index is 10.5. The molecule has 120 valence electrons. The molecule has 0 spiro atoms. The molecule has 0 fully saturated rings. The van der Waals surface area contributed by atoms with Gasteiger partial charge >= 0.3 is 6.18 Å². The molecule has 0 bridgehead atoms. The number of hydrogen-bond donors (Lipinski definition) is 1. The van der Waals surface area contributed by atoms with Crippen LogP contribution in [0.3, 0.4) is 0 Å². The Bertz CT molecular complexity index is 609. The van der Waals surface area contributed by atoms with E-state index in [4.69, 9.17) is 15.0 Å². The molecular formula is C13H14F3N3O3. The molecule has 0 aromatic carbocycles. The Morgan fingerprint density at radius 3 is 2.27 bits per heavy atom. The second-order valence-corrected chi connectivity index (χ2v) is 4.17. The van der Waals surface area contributed by atoms with Crippen molar-refractivity contribution in [2.75, 3.05) is 6.61 Å². The summed E-state index contributed by atoms with van der Waals surface area (Å²) >= 11 is 0. The first-order chi connectivity index (χ1) is 10.3. The minimum atomic E-state index is -5.19. The number of carbonyl (C=O) groups excluding carboxylic acids is 1. The molecular weight excluding hydrogens is 303 g/mol. The summed E-state index contributed by atoms with van der Waals surface area (Å²) in [5.74, 6) is -3.01. The summed E-state index contributed by atoms with van der Waals surface area (Å²) in [4.78, 5) is 8.78. The predicted molar refractivity (Wildman–Crippen MR) is 67.0 cm³/mol. The molecule has 1 N–H and O–H groups in total. The van der Waals surface area contributed by atoms with E-state index in [1.807, 2.05) is 46.9 Å². The van der Waals surface area contributed by atoms with Crippen molar-refractivity contribution in [1.29, 1.82) is 0 Å². The number of pyridine rings is 1. The van der Waals surface area contributed by atoms with Gasteiger partial charge < -0.3 is 15.0 Å². The van der Waals surface area contributed by atoms with Gasteiger partial charge in [-0.1, -0.05) is 0 Å². The lowest BCUT2D eigenvalue weighted by molar-refractivity contribution is -0.698. The van der Waals surface area contributed by atoms with Gasteiger partial charge in [0.05, 0.1) is 5.69 Å². The van der Waals surface area contributed by atoms with E-state index in [1.54, 1.807) is 6.20 Å². The van der Waals surface area contributed by atoms with Crippen LogP contribution in [0.5, 0.6) is 0 Å². The number of alkyl halides is 3. The first-order valence-corrected chi connectivity index (χ1v) is 6.12. The van der Waals surface area contributed by atoms with Crippen LogP contribution in [0.2, 0.25) is 0 Å². The number of carboxylic acids is 1. The van der Waals surface area contributed by atoms with Gasteiger partial charge in [0, 0.05) is 30.9 Å². The molecule has 2 aromatic heterocycles. The maximum Gasteiger partial charge on any atom is 0.430 e. The summed E-state index contributed by atoms with van der Waals surface area (Å²) < 4.78 is 35.3. The topological polar surface area (TPSA) is 82.1 Å². The number of halogens is 3. The van der Waals surface area contributed by atoms with E-state index in [-0.39, 0.29) is 6.61 Å². The van der Waals surface area contributed by atoms with E-state index in [0.717, 1.165) is 11.3 Å². The summed E-state index contributed by atoms with van der Waals surface area (Å²) in [5.41, 5.74) is 2.22. The molecule has 0 aliphatic heterocycles. The average molecular weight is 317 g/mol. The second-order valence-electron chi connectivity index (χ2n) is 4.17. The van der Waals surface area contributed by atoms with Crippen LogP contribution in [0.25, 0.3) is 11.3 Å². The molecule has 0 aliphatic rings. The standard InChI is InChI=1S/C11H14N3O.C2HF3O2/c1-13-11(2-5-12-13)10-3-6-14(7-4-10)8-9-15;3-2(4,5)1(6)7/h2-7,15H,8-9H2,1H3;(H,6,7)/q+1;/p-1. The molecule has 0 atom stereocenters. The minimum Gasteiger partial charge on any atom is -0.542 e. The van der Waals surface area contributed by atoms with Crippen LogP contribution in [0, 0.1) is 0 Å². The Morgan fingerprint density at radius 2 is 1.91 bits per heavy atom. The zero-order valence-corrected chi connectivity index (χ0v) is 11.6. The number of aromatic nitrogens is 3. The Kier molecular flexibility index (Phi) is 6.05. The molecule has 6 nitrogen and oxygen atoms in total. The Balaban J connectivity index is 0.000000295. The van der Waals surface area contributed by atoms with E-state index in [9.17, 15) is 13.2 Å². The number of aliphatic hydroxyl groups is 1. The number of aliphatic carboxylic acids is 1. The lowest BCUT2D eigenvalue weighted by atomic mass is 10.2. The van der Waals surface area contributed by atoms with Gasteiger partial charge in [-0.25, -0.2) is 4.57 Å². The first kappa shape index (κ1) is 17.6. The van der Waals surface area contributed by atoms with Crippen LogP contribution in [0.1, 0.15) is 0 Å². The highest BCUT2D eigenvalue weighted by molar-refractivity contribution is 5.70. The molecule has 0 aliphatic carbocycles. The van der Waals surface area contributed by atoms with Crippen molar-refractivity contribution >= 4 is 5.97 Å². The van der Waals surface area contributed by atoms with E-state index in [2.05, 4.69) is 5.10 Å². The molecule has 2 heterocycles. The maximum absolute atomic E-state index is 10.5. The summed E-state index contributed by atoms with van der Waals surface area (Å²) in [6, 6.07) is 6.02. The first-order valence-electron chi connectivity index (χ1n) is 6.12. The van der Waals surface area contributed by atoms with Crippen molar-refractivity contribution in [1.82, 2.24) is 9.78 Å². The van der Waals surface area contributed by atoms with E-state index in [0.29, 0.717) is 6.54 Å². The van der Waals surface area contributed by atoms with Gasteiger partial charge in [-0.05, 0) is 6.07 Å². The predicted octanol–water partition coefficient (Wildman–Crippen LogP) is -0.335. The van der Waals surface area contributed by atoms with Gasteiger partial charge in [0.1, 0.15) is 12.6 Å². The summed E-state index contributed by atoms with van der Waals surface area (Å²) in [6.07, 6.45) is 0.501. The molecule has 22 heavy (non-hydrogen) atoms. The van der Waals surface area contributed by atoms with Crippen molar-refractivity contribution in [3.8, 4) is 11.3 Å². The molecule has 9 heteroatoms. The third-order valence-electron chi connectivity index (χ3n) is 2.60. The number of hydrogen-bond acceptors (Lipinski definition) is 4. The lowest BCUT2D eigenvalue weighted by Crippen LogP contribution is -2.37. The smallest absolute Gasteiger partial charge is 0.430 e. The fourth-order valence-electron chi connectivity index (χ4n) is 1.55. The van der Waals surface area contributed by atoms with Crippen molar-refractivity contribution < 1.29 is 32.7 Å². The van der Waals surface area contributed by atoms with Crippen LogP contribution >= 0.6 is 0 Å². The van der Waals surface area contributed by atoms with Gasteiger partial charge in [0.25, 0.3) is 0 Å². The number of aliphatic hydroxyl groups excluding tert-OH is 1. The zero-order valence-electron chi connectivity index (χ0n) is 11.6. The Labute approximate surface area is 124 Å². The van der Waals surface area contributed by atoms with Crippen LogP contribution in [-0.2, 0) is 18.4 Å². The van der Waals surface area contributed by atoms with E-state index < -0.39 is 12.1 Å². The highest BCUT2D eigenvalue weighted by Crippen LogP contribution is 2.15. The number of aryl methyl sites for hydroxylation is 1. The zero-order chi connectivity index (χ0) is 16.8. The van der Waals surface area contributed by atoms with E-state index in [1.165, 1.54) is 0 Å². The van der Waals surface area contributed by atoms with Crippen LogP contribution < -0.4 is 9.67 Å². The lowest BCUT2D eigenvalue weighted by Gasteiger charge is -2.03. The largest absolute Gasteiger partial charge is 0.542 e. The summed E-state index contributed by atoms with van der Waals surface area (Å²) in [7, 11) is 1.92. The van der Waals surface area contributed by atoms with E-state index >= 15 is 0 Å². The Hall–Kier alpha value is -2.42. The minimum absolute atomic E-state index is 0.162. The highest BCUT2D eigenvalue weighted by atomic mass is 19.4. The van der Waals surface area contributed by atoms with Crippen molar-refractivity contribution in [2.45, 2.75) is 12.7 Å². The van der Waals surface area contributed by atoms with Crippen molar-refractivity contribution in [3.05, 3.63) is 36.8 Å². The monoisotopic (exact) mass is 317 g/mol. The molecule has 2 aromatic rings. The quantitative estimate of drug-likeness (QED) is 0.786. The molecule has 0 saturated heterocycles. The number of rotatable bonds is 3. The third kappa shape index (κ3) is 5.17. The van der Waals surface area contributed by atoms with Gasteiger partial charge in [-0.15, -0.1) is 0 Å². The molecule has 0 amide bonds. The SMILES string of the molecule is Cn1nccc1-c1cc[n+](CCO)cc1.O=C([O-])C(F)(F)F. The number of carboxylic acid groups (broad SMARTS) is 1.